The summed E-state index contributed by atoms with van der Waals surface area (Å²) in [6.45, 7) is 3.44. The fourth-order valence-corrected chi connectivity index (χ4v) is 3.15. The van der Waals surface area contributed by atoms with Gasteiger partial charge in [-0.15, -0.1) is 6.58 Å². The number of rotatable bonds is 4. The molecule has 0 bridgehead atoms. The SMILES string of the molecule is C=CCCS(=O)(=O)c1cc(Cl)cc(Cl)c1O. The highest BCUT2D eigenvalue weighted by Crippen LogP contribution is 2.34. The van der Waals surface area contributed by atoms with E-state index in [1.807, 2.05) is 0 Å². The summed E-state index contributed by atoms with van der Waals surface area (Å²) in [7, 11) is -3.59. The molecule has 6 heteroatoms. The third-order valence-electron chi connectivity index (χ3n) is 1.92. The number of hydrogen-bond donors (Lipinski definition) is 1. The van der Waals surface area contributed by atoms with Crippen LogP contribution in [0.5, 0.6) is 5.75 Å². The normalized spacial score (nSPS) is 11.4. The Kier molecular flexibility index (Phi) is 4.24. The predicted molar refractivity (Wildman–Crippen MR) is 65.0 cm³/mol. The van der Waals surface area contributed by atoms with Crippen LogP contribution in [0.25, 0.3) is 0 Å². The van der Waals surface area contributed by atoms with Crippen LogP contribution in [0, 0.1) is 0 Å². The molecule has 0 saturated heterocycles. The quantitative estimate of drug-likeness (QED) is 0.863. The van der Waals surface area contributed by atoms with Gasteiger partial charge in [0.15, 0.2) is 15.6 Å². The molecule has 1 aromatic carbocycles. The van der Waals surface area contributed by atoms with Crippen LogP contribution < -0.4 is 0 Å². The molecule has 0 aliphatic rings. The first-order valence-corrected chi connectivity index (χ1v) is 6.81. The van der Waals surface area contributed by atoms with Crippen molar-refractivity contribution >= 4 is 33.0 Å². The average molecular weight is 281 g/mol. The molecule has 0 aromatic heterocycles. The van der Waals surface area contributed by atoms with Gasteiger partial charge in [-0.05, 0) is 18.6 Å². The summed E-state index contributed by atoms with van der Waals surface area (Å²) in [4.78, 5) is -0.244. The topological polar surface area (TPSA) is 54.4 Å². The molecular formula is C10H10Cl2O3S. The van der Waals surface area contributed by atoms with Gasteiger partial charge in [0.05, 0.1) is 10.8 Å². The first kappa shape index (κ1) is 13.4. The van der Waals surface area contributed by atoms with E-state index in [2.05, 4.69) is 6.58 Å². The van der Waals surface area contributed by atoms with Gasteiger partial charge in [-0.1, -0.05) is 29.3 Å². The van der Waals surface area contributed by atoms with E-state index in [1.165, 1.54) is 18.2 Å². The lowest BCUT2D eigenvalue weighted by Gasteiger charge is -2.07. The van der Waals surface area contributed by atoms with Gasteiger partial charge in [0.1, 0.15) is 4.90 Å². The van der Waals surface area contributed by atoms with E-state index >= 15 is 0 Å². The van der Waals surface area contributed by atoms with Gasteiger partial charge < -0.3 is 5.11 Å². The molecule has 16 heavy (non-hydrogen) atoms. The molecule has 0 atom stereocenters. The number of halogens is 2. The zero-order chi connectivity index (χ0) is 12.3. The largest absolute Gasteiger partial charge is 0.505 e. The molecule has 1 rings (SSSR count). The summed E-state index contributed by atoms with van der Waals surface area (Å²) >= 11 is 11.3. The summed E-state index contributed by atoms with van der Waals surface area (Å²) in [6, 6.07) is 2.46. The number of phenols is 1. The summed E-state index contributed by atoms with van der Waals surface area (Å²) in [6.07, 6.45) is 1.78. The molecule has 0 spiro atoms. The van der Waals surface area contributed by atoms with Gasteiger partial charge in [-0.25, -0.2) is 8.42 Å². The van der Waals surface area contributed by atoms with Crippen molar-refractivity contribution in [3.63, 3.8) is 0 Å². The molecule has 0 aliphatic heterocycles. The van der Waals surface area contributed by atoms with E-state index in [4.69, 9.17) is 23.2 Å². The molecule has 0 unspecified atom stereocenters. The van der Waals surface area contributed by atoms with Crippen molar-refractivity contribution in [3.05, 3.63) is 34.8 Å². The Morgan fingerprint density at radius 2 is 2.00 bits per heavy atom. The lowest BCUT2D eigenvalue weighted by molar-refractivity contribution is 0.459. The molecule has 0 amide bonds. The van der Waals surface area contributed by atoms with Crippen LogP contribution in [-0.4, -0.2) is 19.3 Å². The minimum atomic E-state index is -3.59. The van der Waals surface area contributed by atoms with Crippen LogP contribution >= 0.6 is 23.2 Å². The van der Waals surface area contributed by atoms with E-state index in [0.29, 0.717) is 6.42 Å². The number of hydrogen-bond acceptors (Lipinski definition) is 3. The van der Waals surface area contributed by atoms with Crippen molar-refractivity contribution in [3.8, 4) is 5.75 Å². The molecule has 88 valence electrons. The lowest BCUT2D eigenvalue weighted by Crippen LogP contribution is -2.06. The van der Waals surface area contributed by atoms with Crippen molar-refractivity contribution < 1.29 is 13.5 Å². The number of phenolic OH excluding ortho intramolecular Hbond substituents is 1. The minimum absolute atomic E-state index is 0.0790. The second-order valence-electron chi connectivity index (χ2n) is 3.13. The van der Waals surface area contributed by atoms with Gasteiger partial charge in [0.2, 0.25) is 0 Å². The number of allylic oxidation sites excluding steroid dienone is 1. The van der Waals surface area contributed by atoms with Gasteiger partial charge in [0.25, 0.3) is 0 Å². The molecule has 1 N–H and O–H groups in total. The molecule has 0 saturated carbocycles. The highest BCUT2D eigenvalue weighted by molar-refractivity contribution is 7.91. The smallest absolute Gasteiger partial charge is 0.182 e. The maximum atomic E-state index is 11.8. The zero-order valence-corrected chi connectivity index (χ0v) is 10.6. The zero-order valence-electron chi connectivity index (χ0n) is 8.28. The molecule has 0 fully saturated rings. The second kappa shape index (κ2) is 5.08. The van der Waals surface area contributed by atoms with E-state index < -0.39 is 15.6 Å². The summed E-state index contributed by atoms with van der Waals surface area (Å²) in [5, 5.41) is 9.65. The standard InChI is InChI=1S/C10H10Cl2O3S/c1-2-3-4-16(14,15)9-6-7(11)5-8(12)10(9)13/h2,5-6,13H,1,3-4H2. The Balaban J connectivity index is 3.27. The van der Waals surface area contributed by atoms with Crippen molar-refractivity contribution in [1.82, 2.24) is 0 Å². The average Bonchev–Trinajstić information content (AvgIpc) is 2.20. The Labute approximate surface area is 104 Å². The summed E-state index contributed by atoms with van der Waals surface area (Å²) in [5.41, 5.74) is 0. The Hall–Kier alpha value is -0.710. The predicted octanol–water partition coefficient (Wildman–Crippen LogP) is 3.05. The number of benzene rings is 1. The maximum absolute atomic E-state index is 11.8. The van der Waals surface area contributed by atoms with Crippen LogP contribution in [0.4, 0.5) is 0 Å². The van der Waals surface area contributed by atoms with Crippen LogP contribution in [0.3, 0.4) is 0 Å². The van der Waals surface area contributed by atoms with Crippen molar-refractivity contribution in [2.75, 3.05) is 5.75 Å². The summed E-state index contributed by atoms with van der Waals surface area (Å²) in [5.74, 6) is -0.601. The lowest BCUT2D eigenvalue weighted by atomic mass is 10.3. The molecule has 3 nitrogen and oxygen atoms in total. The highest BCUT2D eigenvalue weighted by Gasteiger charge is 2.20. The molecule has 0 aliphatic carbocycles. The van der Waals surface area contributed by atoms with Gasteiger partial charge in [-0.2, -0.15) is 0 Å². The van der Waals surface area contributed by atoms with Gasteiger partial charge in [0, 0.05) is 5.02 Å². The first-order chi connectivity index (χ1) is 7.38. The Bertz CT molecular complexity index is 509. The van der Waals surface area contributed by atoms with Gasteiger partial charge >= 0.3 is 0 Å². The van der Waals surface area contributed by atoms with Crippen LogP contribution in [0.15, 0.2) is 29.7 Å². The number of aromatic hydroxyl groups is 1. The molecular weight excluding hydrogens is 271 g/mol. The molecule has 1 aromatic rings. The minimum Gasteiger partial charge on any atom is -0.505 e. The third-order valence-corrected chi connectivity index (χ3v) is 4.18. The van der Waals surface area contributed by atoms with Crippen molar-refractivity contribution in [1.29, 1.82) is 0 Å². The van der Waals surface area contributed by atoms with Gasteiger partial charge in [-0.3, -0.25) is 0 Å². The van der Waals surface area contributed by atoms with Crippen LogP contribution in [0.2, 0.25) is 10.0 Å². The Morgan fingerprint density at radius 1 is 1.38 bits per heavy atom. The van der Waals surface area contributed by atoms with E-state index in [1.54, 1.807) is 0 Å². The van der Waals surface area contributed by atoms with E-state index in [0.717, 1.165) is 0 Å². The van der Waals surface area contributed by atoms with Crippen LogP contribution in [0.1, 0.15) is 6.42 Å². The molecule has 0 heterocycles. The molecule has 0 radical (unpaired) electrons. The second-order valence-corrected chi connectivity index (χ2v) is 6.05. The summed E-state index contributed by atoms with van der Waals surface area (Å²) < 4.78 is 23.6. The van der Waals surface area contributed by atoms with Crippen molar-refractivity contribution in [2.24, 2.45) is 0 Å². The maximum Gasteiger partial charge on any atom is 0.182 e. The first-order valence-electron chi connectivity index (χ1n) is 4.40. The van der Waals surface area contributed by atoms with E-state index in [9.17, 15) is 13.5 Å². The number of sulfone groups is 1. The third kappa shape index (κ3) is 2.90. The Morgan fingerprint density at radius 3 is 2.56 bits per heavy atom. The van der Waals surface area contributed by atoms with E-state index in [-0.39, 0.29) is 20.7 Å². The fourth-order valence-electron chi connectivity index (χ4n) is 1.13. The van der Waals surface area contributed by atoms with Crippen LogP contribution in [-0.2, 0) is 9.84 Å². The fraction of sp³-hybridized carbons (Fsp3) is 0.200. The monoisotopic (exact) mass is 280 g/mol. The van der Waals surface area contributed by atoms with Crippen molar-refractivity contribution in [2.45, 2.75) is 11.3 Å². The highest BCUT2D eigenvalue weighted by atomic mass is 35.5.